The van der Waals surface area contributed by atoms with Crippen LogP contribution >= 0.6 is 11.6 Å². The number of amides is 2. The number of fused-ring (bicyclic) bond motifs is 2. The molecule has 3 heterocycles. The van der Waals surface area contributed by atoms with Crippen LogP contribution in [0.25, 0.3) is 11.3 Å². The van der Waals surface area contributed by atoms with E-state index in [1.165, 1.54) is 11.8 Å². The zero-order chi connectivity index (χ0) is 25.2. The molecule has 1 atom stereocenters. The Labute approximate surface area is 213 Å². The molecular weight excluding hydrogens is 482 g/mol. The lowest BCUT2D eigenvalue weighted by Crippen LogP contribution is -2.42. The Morgan fingerprint density at radius 1 is 1.14 bits per heavy atom. The normalized spacial score (nSPS) is 15.5. The third-order valence-corrected chi connectivity index (χ3v) is 6.80. The Hall–Kier alpha value is -3.53. The summed E-state index contributed by atoms with van der Waals surface area (Å²) in [6.07, 6.45) is 1.31. The number of halogens is 1. The third-order valence-electron chi connectivity index (χ3n) is 6.52. The molecule has 9 nitrogen and oxygen atoms in total. The van der Waals surface area contributed by atoms with E-state index in [0.29, 0.717) is 41.5 Å². The van der Waals surface area contributed by atoms with Gasteiger partial charge >= 0.3 is 0 Å². The molecule has 2 aromatic carbocycles. The molecule has 1 aromatic heterocycles. The van der Waals surface area contributed by atoms with Gasteiger partial charge in [-0.15, -0.1) is 0 Å². The van der Waals surface area contributed by atoms with Crippen LogP contribution in [0.1, 0.15) is 27.0 Å². The quantitative estimate of drug-likeness (QED) is 0.448. The number of anilines is 1. The fourth-order valence-corrected chi connectivity index (χ4v) is 4.74. The molecular formula is C26H26ClN5O4. The van der Waals surface area contributed by atoms with Gasteiger partial charge in [0.2, 0.25) is 11.9 Å². The lowest BCUT2D eigenvalue weighted by Gasteiger charge is -2.30. The first-order valence-electron chi connectivity index (χ1n) is 11.8. The van der Waals surface area contributed by atoms with Crippen LogP contribution in [0, 0.1) is 0 Å². The van der Waals surface area contributed by atoms with Crippen LogP contribution in [-0.2, 0) is 24.3 Å². The average molecular weight is 508 g/mol. The molecule has 3 aromatic rings. The molecule has 0 saturated carbocycles. The number of rotatable bonds is 7. The number of aliphatic hydroxyl groups is 2. The van der Waals surface area contributed by atoms with Gasteiger partial charge in [-0.05, 0) is 29.2 Å². The Kier molecular flexibility index (Phi) is 6.86. The number of carbonyl (C=O) groups excluding carboxylic acids is 2. The Morgan fingerprint density at radius 3 is 2.75 bits per heavy atom. The molecule has 0 fully saturated rings. The fourth-order valence-electron chi connectivity index (χ4n) is 4.54. The molecule has 5 rings (SSSR count). The van der Waals surface area contributed by atoms with Crippen molar-refractivity contribution in [3.8, 4) is 11.3 Å². The van der Waals surface area contributed by atoms with E-state index >= 15 is 0 Å². The predicted octanol–water partition coefficient (Wildman–Crippen LogP) is 2.10. The van der Waals surface area contributed by atoms with Crippen LogP contribution in [-0.4, -0.2) is 74.1 Å². The van der Waals surface area contributed by atoms with Crippen molar-refractivity contribution < 1.29 is 19.8 Å². The van der Waals surface area contributed by atoms with Crippen LogP contribution < -0.4 is 5.32 Å². The predicted molar refractivity (Wildman–Crippen MR) is 134 cm³/mol. The van der Waals surface area contributed by atoms with Gasteiger partial charge in [0.05, 0.1) is 29.6 Å². The van der Waals surface area contributed by atoms with Crippen molar-refractivity contribution in [1.29, 1.82) is 0 Å². The summed E-state index contributed by atoms with van der Waals surface area (Å²) in [5, 5.41) is 21.7. The van der Waals surface area contributed by atoms with Crippen molar-refractivity contribution in [3.63, 3.8) is 0 Å². The van der Waals surface area contributed by atoms with E-state index in [4.69, 9.17) is 16.7 Å². The van der Waals surface area contributed by atoms with Crippen molar-refractivity contribution in [2.75, 3.05) is 31.6 Å². The second kappa shape index (κ2) is 10.2. The molecule has 1 unspecified atom stereocenters. The molecule has 0 aliphatic carbocycles. The maximum Gasteiger partial charge on any atom is 0.254 e. The lowest BCUT2D eigenvalue weighted by atomic mass is 10.00. The topological polar surface area (TPSA) is 119 Å². The number of carbonyl (C=O) groups is 2. The van der Waals surface area contributed by atoms with Crippen LogP contribution in [0.5, 0.6) is 0 Å². The highest BCUT2D eigenvalue weighted by atomic mass is 35.5. The van der Waals surface area contributed by atoms with Crippen LogP contribution in [0.2, 0.25) is 5.02 Å². The van der Waals surface area contributed by atoms with Crippen LogP contribution in [0.4, 0.5) is 5.95 Å². The number of nitrogens with zero attached hydrogens (tertiary/aromatic N) is 4. The van der Waals surface area contributed by atoms with E-state index in [1.54, 1.807) is 11.0 Å². The summed E-state index contributed by atoms with van der Waals surface area (Å²) in [5.74, 6) is -0.0261. The summed E-state index contributed by atoms with van der Waals surface area (Å²) in [6, 6.07) is 13.5. The van der Waals surface area contributed by atoms with Gasteiger partial charge in [-0.3, -0.25) is 9.59 Å². The zero-order valence-electron chi connectivity index (χ0n) is 19.5. The maximum atomic E-state index is 13.2. The number of aromatic nitrogens is 2. The van der Waals surface area contributed by atoms with Gasteiger partial charge in [0.1, 0.15) is 6.54 Å². The highest BCUT2D eigenvalue weighted by molar-refractivity contribution is 6.33. The van der Waals surface area contributed by atoms with E-state index in [2.05, 4.69) is 21.4 Å². The zero-order valence-corrected chi connectivity index (χ0v) is 20.3. The summed E-state index contributed by atoms with van der Waals surface area (Å²) < 4.78 is 0. The molecule has 0 saturated heterocycles. The first-order valence-corrected chi connectivity index (χ1v) is 12.1. The highest BCUT2D eigenvalue weighted by Gasteiger charge is 2.31. The van der Waals surface area contributed by atoms with Gasteiger partial charge in [-0.1, -0.05) is 48.0 Å². The number of benzene rings is 2. The molecule has 2 amide bonds. The smallest absolute Gasteiger partial charge is 0.254 e. The Morgan fingerprint density at radius 2 is 1.94 bits per heavy atom. The van der Waals surface area contributed by atoms with E-state index in [1.807, 2.05) is 35.2 Å². The molecule has 0 bridgehead atoms. The second-order valence-corrected chi connectivity index (χ2v) is 9.38. The average Bonchev–Trinajstić information content (AvgIpc) is 3.21. The van der Waals surface area contributed by atoms with Crippen molar-refractivity contribution in [2.24, 2.45) is 0 Å². The van der Waals surface area contributed by atoms with Crippen LogP contribution in [0.3, 0.4) is 0 Å². The molecule has 2 aliphatic heterocycles. The Balaban J connectivity index is 1.29. The summed E-state index contributed by atoms with van der Waals surface area (Å²) >= 11 is 6.34. The standard InChI is InChI=1S/C26H26ClN5O4/c27-22-11-29-26(28-10-20(34)15-33)30-24(22)17-5-6-19-13-32(25(36)21(19)9-17)14-23(35)31-8-7-16-3-1-2-4-18(16)12-31/h1-6,9,11,20,33-34H,7-8,10,12-15H2,(H,28,29,30). The third kappa shape index (κ3) is 4.90. The van der Waals surface area contributed by atoms with Crippen molar-refractivity contribution in [2.45, 2.75) is 25.6 Å². The minimum Gasteiger partial charge on any atom is -0.394 e. The first kappa shape index (κ1) is 24.2. The number of hydrogen-bond acceptors (Lipinski definition) is 7. The maximum absolute atomic E-state index is 13.2. The highest BCUT2D eigenvalue weighted by Crippen LogP contribution is 2.31. The summed E-state index contributed by atoms with van der Waals surface area (Å²) in [7, 11) is 0. The molecule has 0 radical (unpaired) electrons. The monoisotopic (exact) mass is 507 g/mol. The molecule has 36 heavy (non-hydrogen) atoms. The van der Waals surface area contributed by atoms with Gasteiger partial charge < -0.3 is 25.3 Å². The minimum atomic E-state index is -0.946. The molecule has 3 N–H and O–H groups in total. The number of aliphatic hydroxyl groups excluding tert-OH is 2. The summed E-state index contributed by atoms with van der Waals surface area (Å²) in [4.78, 5) is 38.1. The molecule has 186 valence electrons. The fraction of sp³-hybridized carbons (Fsp3) is 0.308. The SMILES string of the molecule is O=C(CN1Cc2ccc(-c3nc(NCC(O)CO)ncc3Cl)cc2C1=O)N1CCc2ccccc2C1. The minimum absolute atomic E-state index is 0.0283. The lowest BCUT2D eigenvalue weighted by molar-refractivity contribution is -0.132. The summed E-state index contributed by atoms with van der Waals surface area (Å²) in [5.41, 5.74) is 4.86. The van der Waals surface area contributed by atoms with Crippen LogP contribution in [0.15, 0.2) is 48.7 Å². The van der Waals surface area contributed by atoms with Gasteiger partial charge in [0.25, 0.3) is 5.91 Å². The largest absolute Gasteiger partial charge is 0.394 e. The van der Waals surface area contributed by atoms with Gasteiger partial charge in [0.15, 0.2) is 0 Å². The second-order valence-electron chi connectivity index (χ2n) is 8.97. The van der Waals surface area contributed by atoms with E-state index in [9.17, 15) is 14.7 Å². The Bertz CT molecular complexity index is 1320. The van der Waals surface area contributed by atoms with E-state index in [-0.39, 0.29) is 37.5 Å². The molecule has 2 aliphatic rings. The van der Waals surface area contributed by atoms with Gasteiger partial charge in [-0.2, -0.15) is 0 Å². The van der Waals surface area contributed by atoms with E-state index in [0.717, 1.165) is 17.5 Å². The van der Waals surface area contributed by atoms with Gasteiger partial charge in [-0.25, -0.2) is 9.97 Å². The number of hydrogen-bond donors (Lipinski definition) is 3. The number of nitrogens with one attached hydrogen (secondary N) is 1. The first-order chi connectivity index (χ1) is 17.4. The molecule has 10 heteroatoms. The van der Waals surface area contributed by atoms with Crippen molar-refractivity contribution in [3.05, 3.63) is 75.9 Å². The van der Waals surface area contributed by atoms with Crippen molar-refractivity contribution in [1.82, 2.24) is 19.8 Å². The van der Waals surface area contributed by atoms with Gasteiger partial charge in [0, 0.05) is 37.3 Å². The van der Waals surface area contributed by atoms with Crippen molar-refractivity contribution >= 4 is 29.4 Å². The molecule has 0 spiro atoms. The van der Waals surface area contributed by atoms with E-state index < -0.39 is 6.10 Å². The summed E-state index contributed by atoms with van der Waals surface area (Å²) in [6.45, 7) is 1.30.